The number of aromatic carboxylic acids is 1. The van der Waals surface area contributed by atoms with E-state index in [1.807, 2.05) is 24.3 Å². The van der Waals surface area contributed by atoms with E-state index in [9.17, 15) is 14.3 Å². The van der Waals surface area contributed by atoms with Gasteiger partial charge < -0.3 is 28.6 Å². The Morgan fingerprint density at radius 1 is 1.07 bits per heavy atom. The Labute approximate surface area is 260 Å². The van der Waals surface area contributed by atoms with Crippen molar-refractivity contribution in [2.24, 2.45) is 0 Å². The number of halogens is 1. The molecule has 10 nitrogen and oxygen atoms in total. The number of benzene rings is 2. The Balaban J connectivity index is 1.01. The third-order valence-corrected chi connectivity index (χ3v) is 9.22. The summed E-state index contributed by atoms with van der Waals surface area (Å²) in [6.07, 6.45) is 2.91. The van der Waals surface area contributed by atoms with E-state index in [1.54, 1.807) is 18.2 Å². The fourth-order valence-corrected chi connectivity index (χ4v) is 6.32. The highest BCUT2D eigenvalue weighted by Gasteiger charge is 2.27. The molecule has 3 aliphatic rings. The number of carboxylic acid groups (broad SMARTS) is 1. The number of aromatic nitrogens is 3. The van der Waals surface area contributed by atoms with E-state index in [1.165, 1.54) is 13.2 Å². The van der Waals surface area contributed by atoms with Gasteiger partial charge in [0.25, 0.3) is 0 Å². The molecule has 1 N–H and O–H groups in total. The van der Waals surface area contributed by atoms with E-state index in [0.29, 0.717) is 49.0 Å². The van der Waals surface area contributed by atoms with Gasteiger partial charge in [0.05, 0.1) is 50.6 Å². The Morgan fingerprint density at radius 2 is 1.89 bits per heavy atom. The van der Waals surface area contributed by atoms with Gasteiger partial charge >= 0.3 is 5.97 Å². The summed E-state index contributed by atoms with van der Waals surface area (Å²) < 4.78 is 39.2. The van der Waals surface area contributed by atoms with Crippen LogP contribution in [0.4, 0.5) is 4.39 Å². The third-order valence-electron chi connectivity index (χ3n) is 9.22. The molecule has 1 unspecified atom stereocenters. The second-order valence-electron chi connectivity index (χ2n) is 12.1. The fourth-order valence-electron chi connectivity index (χ4n) is 6.32. The molecule has 0 radical (unpaired) electrons. The van der Waals surface area contributed by atoms with Gasteiger partial charge in [0.1, 0.15) is 29.5 Å². The molecule has 0 saturated carbocycles. The molecular formula is C34H37FN4O6. The van der Waals surface area contributed by atoms with Crippen LogP contribution in [0.1, 0.15) is 64.1 Å². The number of hydrogen-bond acceptors (Lipinski definition) is 8. The summed E-state index contributed by atoms with van der Waals surface area (Å²) in [7, 11) is 1.54. The first-order valence-corrected chi connectivity index (χ1v) is 15.6. The van der Waals surface area contributed by atoms with Crippen molar-refractivity contribution in [3.63, 3.8) is 0 Å². The van der Waals surface area contributed by atoms with Crippen molar-refractivity contribution >= 4 is 17.0 Å². The molecule has 1 atom stereocenters. The lowest BCUT2D eigenvalue weighted by atomic mass is 9.93. The zero-order chi connectivity index (χ0) is 30.9. The number of ether oxygens (including phenoxy) is 4. The van der Waals surface area contributed by atoms with Crippen LogP contribution in [0.25, 0.3) is 11.0 Å². The van der Waals surface area contributed by atoms with Crippen LogP contribution in [0.5, 0.6) is 11.6 Å². The minimum atomic E-state index is -1.00. The first-order chi connectivity index (χ1) is 21.9. The average Bonchev–Trinajstić information content (AvgIpc) is 3.34. The topological polar surface area (TPSA) is 108 Å². The summed E-state index contributed by atoms with van der Waals surface area (Å²) >= 11 is 0. The maximum absolute atomic E-state index is 14.7. The number of likely N-dealkylation sites (tertiary alicyclic amines) is 1. The molecule has 0 aliphatic carbocycles. The summed E-state index contributed by atoms with van der Waals surface area (Å²) in [6, 6.07) is 14.3. The third kappa shape index (κ3) is 6.25. The second kappa shape index (κ2) is 12.7. The summed E-state index contributed by atoms with van der Waals surface area (Å²) in [5.74, 6) is 1.11. The normalized spacial score (nSPS) is 19.3. The van der Waals surface area contributed by atoms with Gasteiger partial charge in [0, 0.05) is 35.8 Å². The van der Waals surface area contributed by atoms with Gasteiger partial charge in [-0.1, -0.05) is 18.2 Å². The molecule has 2 aromatic heterocycles. The lowest BCUT2D eigenvalue weighted by molar-refractivity contribution is -0.0592. The van der Waals surface area contributed by atoms with Gasteiger partial charge in [-0.25, -0.2) is 19.2 Å². The van der Waals surface area contributed by atoms with Crippen LogP contribution < -0.4 is 9.47 Å². The maximum atomic E-state index is 14.7. The molecule has 3 saturated heterocycles. The number of methoxy groups -OCH3 is 1. The Bertz CT molecular complexity index is 1690. The molecule has 236 valence electrons. The Morgan fingerprint density at radius 3 is 2.56 bits per heavy atom. The van der Waals surface area contributed by atoms with Crippen molar-refractivity contribution in [3.8, 4) is 11.6 Å². The summed E-state index contributed by atoms with van der Waals surface area (Å²) in [5, 5.41) is 9.68. The van der Waals surface area contributed by atoms with E-state index >= 15 is 0 Å². The number of carbonyl (C=O) groups is 1. The molecular weight excluding hydrogens is 579 g/mol. The average molecular weight is 617 g/mol. The van der Waals surface area contributed by atoms with Gasteiger partial charge in [-0.15, -0.1) is 0 Å². The smallest absolute Gasteiger partial charge is 0.335 e. The van der Waals surface area contributed by atoms with Crippen molar-refractivity contribution in [1.29, 1.82) is 0 Å². The monoisotopic (exact) mass is 616 g/mol. The van der Waals surface area contributed by atoms with Gasteiger partial charge in [0.15, 0.2) is 0 Å². The quantitative estimate of drug-likeness (QED) is 0.245. The molecule has 0 amide bonds. The number of carboxylic acids is 1. The van der Waals surface area contributed by atoms with Crippen LogP contribution in [-0.2, 0) is 29.2 Å². The number of rotatable bonds is 11. The molecule has 45 heavy (non-hydrogen) atoms. The predicted molar refractivity (Wildman–Crippen MR) is 163 cm³/mol. The van der Waals surface area contributed by atoms with Crippen LogP contribution in [0.15, 0.2) is 48.5 Å². The maximum Gasteiger partial charge on any atom is 0.335 e. The largest absolute Gasteiger partial charge is 0.494 e. The molecule has 0 spiro atoms. The first-order valence-electron chi connectivity index (χ1n) is 15.6. The van der Waals surface area contributed by atoms with Crippen molar-refractivity contribution in [2.45, 2.75) is 56.9 Å². The first kappa shape index (κ1) is 29.6. The lowest BCUT2D eigenvalue weighted by Crippen LogP contribution is -2.35. The summed E-state index contributed by atoms with van der Waals surface area (Å²) in [6.45, 7) is 5.13. The van der Waals surface area contributed by atoms with Gasteiger partial charge in [-0.2, -0.15) is 0 Å². The number of nitrogens with zero attached hydrogens (tertiary/aromatic N) is 4. The number of hydrogen-bond donors (Lipinski definition) is 1. The summed E-state index contributed by atoms with van der Waals surface area (Å²) in [4.78, 5) is 23.9. The van der Waals surface area contributed by atoms with Gasteiger partial charge in [-0.05, 0) is 62.2 Å². The van der Waals surface area contributed by atoms with E-state index in [2.05, 4.69) is 9.47 Å². The Hall–Kier alpha value is -4.06. The second-order valence-corrected chi connectivity index (χ2v) is 12.1. The van der Waals surface area contributed by atoms with Crippen LogP contribution in [0, 0.1) is 5.82 Å². The fraction of sp³-hybridized carbons (Fsp3) is 0.441. The van der Waals surface area contributed by atoms with Crippen LogP contribution in [0.3, 0.4) is 0 Å². The molecule has 3 aliphatic heterocycles. The molecule has 4 aromatic rings. The lowest BCUT2D eigenvalue weighted by Gasteiger charge is -2.32. The Kier molecular flexibility index (Phi) is 8.39. The van der Waals surface area contributed by atoms with Gasteiger partial charge in [-0.3, -0.25) is 4.90 Å². The number of piperidine rings is 1. The van der Waals surface area contributed by atoms with Gasteiger partial charge in [0.2, 0.25) is 5.88 Å². The highest BCUT2D eigenvalue weighted by Crippen LogP contribution is 2.33. The molecule has 11 heteroatoms. The van der Waals surface area contributed by atoms with Crippen LogP contribution in [0.2, 0.25) is 0 Å². The molecule has 0 bridgehead atoms. The van der Waals surface area contributed by atoms with Crippen molar-refractivity contribution in [3.05, 3.63) is 82.6 Å². The molecule has 3 fully saturated rings. The zero-order valence-electron chi connectivity index (χ0n) is 25.3. The van der Waals surface area contributed by atoms with Crippen molar-refractivity contribution in [1.82, 2.24) is 19.4 Å². The zero-order valence-corrected chi connectivity index (χ0v) is 25.3. The van der Waals surface area contributed by atoms with E-state index in [-0.39, 0.29) is 35.9 Å². The number of pyridine rings is 1. The summed E-state index contributed by atoms with van der Waals surface area (Å²) in [5.41, 5.74) is 4.03. The molecule has 2 aromatic carbocycles. The van der Waals surface area contributed by atoms with Crippen molar-refractivity contribution < 1.29 is 33.2 Å². The highest BCUT2D eigenvalue weighted by atomic mass is 19.1. The van der Waals surface area contributed by atoms with Crippen LogP contribution >= 0.6 is 0 Å². The minimum Gasteiger partial charge on any atom is -0.494 e. The van der Waals surface area contributed by atoms with E-state index in [4.69, 9.17) is 28.9 Å². The SMILES string of the molecule is COc1cc(C(=O)O)cc2c1nc(CN1CCC(c3cccc(OCc4ccc(C5COC5)cc4F)n3)CC1)n2CC1CCO1. The number of imidazole rings is 1. The van der Waals surface area contributed by atoms with Crippen LogP contribution in [-0.4, -0.2) is 76.6 Å². The predicted octanol–water partition coefficient (Wildman–Crippen LogP) is 5.14. The minimum absolute atomic E-state index is 0.0882. The van der Waals surface area contributed by atoms with E-state index in [0.717, 1.165) is 61.6 Å². The number of fused-ring (bicyclic) bond motifs is 1. The standard InChI is InChI=1S/C34H37FN4O6/c1-42-30-15-24(34(40)41)14-29-33(30)37-31(39(29)16-26-9-12-44-26)17-38-10-7-21(8-11-38)28-3-2-4-32(36-28)45-20-23-6-5-22(13-27(23)35)25-18-43-19-25/h2-6,13-15,21,25-26H,7-12,16-20H2,1H3,(H,40,41). The van der Waals surface area contributed by atoms with E-state index < -0.39 is 5.97 Å². The molecule has 5 heterocycles. The highest BCUT2D eigenvalue weighted by molar-refractivity contribution is 5.95. The molecule has 7 rings (SSSR count). The van der Waals surface area contributed by atoms with Crippen molar-refractivity contribution in [2.75, 3.05) is 40.0 Å².